The maximum atomic E-state index is 13.6. The third-order valence-electron chi connectivity index (χ3n) is 4.32. The van der Waals surface area contributed by atoms with E-state index in [1.165, 1.54) is 6.07 Å². The lowest BCUT2D eigenvalue weighted by Crippen LogP contribution is -2.49. The highest BCUT2D eigenvalue weighted by molar-refractivity contribution is 5.75. The molecule has 1 aromatic rings. The summed E-state index contributed by atoms with van der Waals surface area (Å²) in [5, 5.41) is 3.01. The highest BCUT2D eigenvalue weighted by Crippen LogP contribution is 2.38. The van der Waals surface area contributed by atoms with Crippen LogP contribution in [0, 0.1) is 5.82 Å². The van der Waals surface area contributed by atoms with Crippen molar-refractivity contribution in [3.8, 4) is 0 Å². The molecule has 5 heteroatoms. The van der Waals surface area contributed by atoms with E-state index >= 15 is 0 Å². The minimum atomic E-state index is -0.146. The summed E-state index contributed by atoms with van der Waals surface area (Å²) in [6.45, 7) is 1.37. The van der Waals surface area contributed by atoms with Crippen molar-refractivity contribution in [3.63, 3.8) is 0 Å². The number of amides is 2. The highest BCUT2D eigenvalue weighted by atomic mass is 19.1. The van der Waals surface area contributed by atoms with Gasteiger partial charge in [0.05, 0.1) is 0 Å². The van der Waals surface area contributed by atoms with Crippen LogP contribution in [0.2, 0.25) is 0 Å². The molecule has 0 unspecified atom stereocenters. The second-order valence-corrected chi connectivity index (χ2v) is 5.83. The molecular weight excluding hydrogens is 257 g/mol. The standard InChI is InChI=1S/C15H20FN3O/c16-14-4-2-1-3-13(14)10-7-12(8-10)18-15(20)19-6-5-11(17)9-19/h1-4,10-12H,5-9,17H2,(H,18,20)/t10?,11-,12?/m1/s1. The van der Waals surface area contributed by atoms with Crippen molar-refractivity contribution in [3.05, 3.63) is 35.6 Å². The molecule has 1 saturated heterocycles. The minimum Gasteiger partial charge on any atom is -0.335 e. The van der Waals surface area contributed by atoms with Crippen molar-refractivity contribution in [1.29, 1.82) is 0 Å². The lowest BCUT2D eigenvalue weighted by Gasteiger charge is -2.37. The summed E-state index contributed by atoms with van der Waals surface area (Å²) in [5.41, 5.74) is 6.56. The third-order valence-corrected chi connectivity index (χ3v) is 4.32. The van der Waals surface area contributed by atoms with Gasteiger partial charge in [-0.2, -0.15) is 0 Å². The first-order valence-electron chi connectivity index (χ1n) is 7.19. The van der Waals surface area contributed by atoms with Crippen molar-refractivity contribution in [2.75, 3.05) is 13.1 Å². The number of nitrogens with zero attached hydrogens (tertiary/aromatic N) is 1. The van der Waals surface area contributed by atoms with Gasteiger partial charge in [-0.15, -0.1) is 0 Å². The van der Waals surface area contributed by atoms with Crippen molar-refractivity contribution in [2.24, 2.45) is 5.73 Å². The Bertz CT molecular complexity index is 502. The predicted molar refractivity (Wildman–Crippen MR) is 74.9 cm³/mol. The smallest absolute Gasteiger partial charge is 0.317 e. The molecule has 3 rings (SSSR count). The molecule has 0 spiro atoms. The first-order chi connectivity index (χ1) is 9.63. The van der Waals surface area contributed by atoms with Gasteiger partial charge in [-0.25, -0.2) is 9.18 Å². The van der Waals surface area contributed by atoms with Crippen LogP contribution in [0.5, 0.6) is 0 Å². The van der Waals surface area contributed by atoms with Gasteiger partial charge in [-0.1, -0.05) is 18.2 Å². The number of urea groups is 1. The summed E-state index contributed by atoms with van der Waals surface area (Å²) in [6, 6.07) is 7.11. The van der Waals surface area contributed by atoms with E-state index < -0.39 is 0 Å². The number of halogens is 1. The zero-order valence-corrected chi connectivity index (χ0v) is 11.4. The Balaban J connectivity index is 1.49. The number of carbonyl (C=O) groups is 1. The highest BCUT2D eigenvalue weighted by Gasteiger charge is 2.34. The number of hydrogen-bond acceptors (Lipinski definition) is 2. The Hall–Kier alpha value is -1.62. The first-order valence-corrected chi connectivity index (χ1v) is 7.19. The molecule has 0 radical (unpaired) electrons. The van der Waals surface area contributed by atoms with Crippen LogP contribution < -0.4 is 11.1 Å². The molecule has 1 atom stereocenters. The molecule has 0 bridgehead atoms. The summed E-state index contributed by atoms with van der Waals surface area (Å²) in [6.07, 6.45) is 2.50. The van der Waals surface area contributed by atoms with Crippen LogP contribution in [0.1, 0.15) is 30.7 Å². The van der Waals surface area contributed by atoms with Gasteiger partial charge in [0, 0.05) is 25.2 Å². The van der Waals surface area contributed by atoms with E-state index in [0.29, 0.717) is 6.54 Å². The fourth-order valence-corrected chi connectivity index (χ4v) is 3.03. The zero-order valence-electron chi connectivity index (χ0n) is 11.4. The number of carbonyl (C=O) groups excluding carboxylic acids is 1. The average molecular weight is 277 g/mol. The van der Waals surface area contributed by atoms with Crippen LogP contribution in [-0.4, -0.2) is 36.1 Å². The Morgan fingerprint density at radius 1 is 1.35 bits per heavy atom. The summed E-state index contributed by atoms with van der Waals surface area (Å²) < 4.78 is 13.6. The summed E-state index contributed by atoms with van der Waals surface area (Å²) in [5.74, 6) is 0.0788. The van der Waals surface area contributed by atoms with Crippen molar-refractivity contribution < 1.29 is 9.18 Å². The van der Waals surface area contributed by atoms with Gasteiger partial charge >= 0.3 is 6.03 Å². The summed E-state index contributed by atoms with van der Waals surface area (Å²) in [4.78, 5) is 13.8. The quantitative estimate of drug-likeness (QED) is 0.866. The molecule has 4 nitrogen and oxygen atoms in total. The van der Waals surface area contributed by atoms with Gasteiger partial charge in [-0.05, 0) is 36.8 Å². The summed E-state index contributed by atoms with van der Waals surface area (Å²) >= 11 is 0. The predicted octanol–water partition coefficient (Wildman–Crippen LogP) is 1.81. The second kappa shape index (κ2) is 5.40. The third kappa shape index (κ3) is 2.63. The lowest BCUT2D eigenvalue weighted by atomic mass is 9.76. The molecule has 1 aliphatic heterocycles. The fourth-order valence-electron chi connectivity index (χ4n) is 3.03. The minimum absolute atomic E-state index is 0.0325. The number of hydrogen-bond donors (Lipinski definition) is 2. The molecule has 0 aromatic heterocycles. The molecule has 2 fully saturated rings. The molecule has 20 heavy (non-hydrogen) atoms. The van der Waals surface area contributed by atoms with Gasteiger partial charge in [0.1, 0.15) is 5.82 Å². The largest absolute Gasteiger partial charge is 0.335 e. The van der Waals surface area contributed by atoms with Crippen molar-refractivity contribution in [1.82, 2.24) is 10.2 Å². The molecule has 3 N–H and O–H groups in total. The SMILES string of the molecule is N[C@@H]1CCN(C(=O)NC2CC(c3ccccc3F)C2)C1. The van der Waals surface area contributed by atoms with Crippen LogP contribution in [0.3, 0.4) is 0 Å². The van der Waals surface area contributed by atoms with Crippen LogP contribution in [0.15, 0.2) is 24.3 Å². The number of rotatable bonds is 2. The van der Waals surface area contributed by atoms with E-state index in [-0.39, 0.29) is 29.8 Å². The topological polar surface area (TPSA) is 58.4 Å². The monoisotopic (exact) mass is 277 g/mol. The molecule has 1 aliphatic carbocycles. The van der Waals surface area contributed by atoms with Crippen molar-refractivity contribution >= 4 is 6.03 Å². The molecule has 108 valence electrons. The van der Waals surface area contributed by atoms with Crippen LogP contribution >= 0.6 is 0 Å². The van der Waals surface area contributed by atoms with E-state index in [1.807, 2.05) is 12.1 Å². The molecule has 2 amide bonds. The fraction of sp³-hybridized carbons (Fsp3) is 0.533. The first kappa shape index (κ1) is 13.4. The number of nitrogens with two attached hydrogens (primary N) is 1. The Morgan fingerprint density at radius 2 is 2.10 bits per heavy atom. The molecule has 1 aromatic carbocycles. The van der Waals surface area contributed by atoms with E-state index in [1.54, 1.807) is 11.0 Å². The Labute approximate surface area is 118 Å². The molecule has 2 aliphatic rings. The van der Waals surface area contributed by atoms with Gasteiger partial charge in [0.25, 0.3) is 0 Å². The van der Waals surface area contributed by atoms with Crippen LogP contribution in [0.25, 0.3) is 0 Å². The lowest BCUT2D eigenvalue weighted by molar-refractivity contribution is 0.191. The maximum Gasteiger partial charge on any atom is 0.317 e. The molecule has 1 saturated carbocycles. The Morgan fingerprint density at radius 3 is 2.75 bits per heavy atom. The zero-order chi connectivity index (χ0) is 14.1. The van der Waals surface area contributed by atoms with Crippen molar-refractivity contribution in [2.45, 2.75) is 37.3 Å². The van der Waals surface area contributed by atoms with Crippen LogP contribution in [0.4, 0.5) is 9.18 Å². The van der Waals surface area contributed by atoms with Gasteiger partial charge < -0.3 is 16.0 Å². The van der Waals surface area contributed by atoms with Gasteiger partial charge in [0.2, 0.25) is 0 Å². The molecule has 1 heterocycles. The summed E-state index contributed by atoms with van der Waals surface area (Å²) in [7, 11) is 0. The second-order valence-electron chi connectivity index (χ2n) is 5.83. The number of nitrogens with one attached hydrogen (secondary N) is 1. The van der Waals surface area contributed by atoms with Gasteiger partial charge in [0.15, 0.2) is 0 Å². The average Bonchev–Trinajstić information content (AvgIpc) is 2.81. The van der Waals surface area contributed by atoms with E-state index in [0.717, 1.165) is 31.4 Å². The maximum absolute atomic E-state index is 13.6. The van der Waals surface area contributed by atoms with E-state index in [9.17, 15) is 9.18 Å². The van der Waals surface area contributed by atoms with E-state index in [2.05, 4.69) is 5.32 Å². The normalized spacial score (nSPS) is 29.1. The molecular formula is C15H20FN3O. The number of benzene rings is 1. The number of likely N-dealkylation sites (tertiary alicyclic amines) is 1. The van der Waals surface area contributed by atoms with E-state index in [4.69, 9.17) is 5.73 Å². The van der Waals surface area contributed by atoms with Crippen LogP contribution in [-0.2, 0) is 0 Å². The van der Waals surface area contributed by atoms with Gasteiger partial charge in [-0.3, -0.25) is 0 Å². The Kier molecular flexibility index (Phi) is 3.61.